The van der Waals surface area contributed by atoms with Gasteiger partial charge < -0.3 is 15.0 Å². The molecule has 2 aliphatic heterocycles. The third-order valence-corrected chi connectivity index (χ3v) is 5.45. The van der Waals surface area contributed by atoms with E-state index in [9.17, 15) is 9.59 Å². The Bertz CT molecular complexity index is 624. The zero-order valence-corrected chi connectivity index (χ0v) is 16.4. The van der Waals surface area contributed by atoms with E-state index in [0.29, 0.717) is 26.3 Å². The molecule has 1 aromatic rings. The first-order valence-electron chi connectivity index (χ1n) is 9.72. The molecule has 0 aromatic heterocycles. The van der Waals surface area contributed by atoms with E-state index in [4.69, 9.17) is 16.3 Å². The van der Waals surface area contributed by atoms with Gasteiger partial charge in [0.1, 0.15) is 0 Å². The zero-order valence-electron chi connectivity index (χ0n) is 15.7. The highest BCUT2D eigenvalue weighted by atomic mass is 35.5. The lowest BCUT2D eigenvalue weighted by molar-refractivity contribution is -0.137. The first kappa shape index (κ1) is 20.1. The second-order valence-corrected chi connectivity index (χ2v) is 7.67. The summed E-state index contributed by atoms with van der Waals surface area (Å²) in [4.78, 5) is 28.5. The molecule has 1 aromatic carbocycles. The van der Waals surface area contributed by atoms with Gasteiger partial charge in [0, 0.05) is 56.6 Å². The SMILES string of the molecule is O=C(CCC(=O)N1CCOCC1)NC1CCN(Cc2ccc(Cl)cc2)CC1. The third kappa shape index (κ3) is 6.48. The normalized spacial score (nSPS) is 19.1. The van der Waals surface area contributed by atoms with Crippen LogP contribution in [0.4, 0.5) is 0 Å². The van der Waals surface area contributed by atoms with Gasteiger partial charge in [-0.3, -0.25) is 14.5 Å². The van der Waals surface area contributed by atoms with Crippen molar-refractivity contribution >= 4 is 23.4 Å². The molecular weight excluding hydrogens is 366 g/mol. The van der Waals surface area contributed by atoms with Gasteiger partial charge in [-0.2, -0.15) is 0 Å². The summed E-state index contributed by atoms with van der Waals surface area (Å²) >= 11 is 5.93. The molecule has 0 unspecified atom stereocenters. The van der Waals surface area contributed by atoms with Gasteiger partial charge in [-0.15, -0.1) is 0 Å². The molecule has 0 bridgehead atoms. The van der Waals surface area contributed by atoms with E-state index in [1.807, 2.05) is 12.1 Å². The molecule has 3 rings (SSSR count). The van der Waals surface area contributed by atoms with Gasteiger partial charge in [0.2, 0.25) is 11.8 Å². The van der Waals surface area contributed by atoms with E-state index in [1.165, 1.54) is 5.56 Å². The Morgan fingerprint density at radius 3 is 2.37 bits per heavy atom. The number of piperidine rings is 1. The highest BCUT2D eigenvalue weighted by Gasteiger charge is 2.22. The molecular formula is C20H28ClN3O3. The van der Waals surface area contributed by atoms with Crippen molar-refractivity contribution in [2.45, 2.75) is 38.3 Å². The van der Waals surface area contributed by atoms with E-state index in [1.54, 1.807) is 4.90 Å². The molecule has 6 nitrogen and oxygen atoms in total. The van der Waals surface area contributed by atoms with Crippen LogP contribution in [0.15, 0.2) is 24.3 Å². The van der Waals surface area contributed by atoms with Crippen LogP contribution in [0.2, 0.25) is 5.02 Å². The smallest absolute Gasteiger partial charge is 0.223 e. The van der Waals surface area contributed by atoms with Gasteiger partial charge in [-0.25, -0.2) is 0 Å². The lowest BCUT2D eigenvalue weighted by Crippen LogP contribution is -2.45. The van der Waals surface area contributed by atoms with Crippen molar-refractivity contribution in [3.05, 3.63) is 34.9 Å². The van der Waals surface area contributed by atoms with E-state index in [2.05, 4.69) is 22.3 Å². The van der Waals surface area contributed by atoms with Crippen molar-refractivity contribution in [2.75, 3.05) is 39.4 Å². The Hall–Kier alpha value is -1.63. The van der Waals surface area contributed by atoms with Crippen molar-refractivity contribution in [1.82, 2.24) is 15.1 Å². The third-order valence-electron chi connectivity index (χ3n) is 5.20. The molecule has 2 aliphatic rings. The van der Waals surface area contributed by atoms with Crippen molar-refractivity contribution < 1.29 is 14.3 Å². The largest absolute Gasteiger partial charge is 0.378 e. The van der Waals surface area contributed by atoms with E-state index in [0.717, 1.165) is 37.5 Å². The molecule has 0 atom stereocenters. The van der Waals surface area contributed by atoms with Crippen LogP contribution in [0.5, 0.6) is 0 Å². The molecule has 27 heavy (non-hydrogen) atoms. The fourth-order valence-corrected chi connectivity index (χ4v) is 3.70. The van der Waals surface area contributed by atoms with Gasteiger partial charge >= 0.3 is 0 Å². The Balaban J connectivity index is 1.33. The number of hydrogen-bond acceptors (Lipinski definition) is 4. The summed E-state index contributed by atoms with van der Waals surface area (Å²) in [5.74, 6) is 0.0268. The maximum atomic E-state index is 12.2. The fraction of sp³-hybridized carbons (Fsp3) is 0.600. The fourth-order valence-electron chi connectivity index (χ4n) is 3.57. The Morgan fingerprint density at radius 1 is 1.04 bits per heavy atom. The van der Waals surface area contributed by atoms with Crippen LogP contribution < -0.4 is 5.32 Å². The molecule has 1 N–H and O–H groups in total. The minimum Gasteiger partial charge on any atom is -0.378 e. The van der Waals surface area contributed by atoms with E-state index >= 15 is 0 Å². The maximum absolute atomic E-state index is 12.2. The second-order valence-electron chi connectivity index (χ2n) is 7.24. The highest BCUT2D eigenvalue weighted by molar-refractivity contribution is 6.30. The van der Waals surface area contributed by atoms with Crippen LogP contribution in [-0.4, -0.2) is 67.0 Å². The van der Waals surface area contributed by atoms with Crippen LogP contribution in [0.1, 0.15) is 31.2 Å². The number of nitrogens with zero attached hydrogens (tertiary/aromatic N) is 2. The van der Waals surface area contributed by atoms with E-state index < -0.39 is 0 Å². The lowest BCUT2D eigenvalue weighted by atomic mass is 10.0. The van der Waals surface area contributed by atoms with Crippen molar-refractivity contribution in [3.63, 3.8) is 0 Å². The molecule has 0 radical (unpaired) electrons. The number of rotatable bonds is 6. The van der Waals surface area contributed by atoms with Crippen LogP contribution in [0, 0.1) is 0 Å². The standard InChI is InChI=1S/C20H28ClN3O3/c21-17-3-1-16(2-4-17)15-23-9-7-18(8-10-23)22-19(25)5-6-20(26)24-11-13-27-14-12-24/h1-4,18H,5-15H2,(H,22,25). The first-order chi connectivity index (χ1) is 13.1. The predicted molar refractivity (Wildman–Crippen MR) is 105 cm³/mol. The molecule has 2 saturated heterocycles. The lowest BCUT2D eigenvalue weighted by Gasteiger charge is -2.32. The van der Waals surface area contributed by atoms with Gasteiger partial charge in [0.25, 0.3) is 0 Å². The van der Waals surface area contributed by atoms with Gasteiger partial charge in [-0.05, 0) is 30.5 Å². The molecule has 2 amide bonds. The van der Waals surface area contributed by atoms with Crippen molar-refractivity contribution in [2.24, 2.45) is 0 Å². The Morgan fingerprint density at radius 2 is 1.70 bits per heavy atom. The molecule has 7 heteroatoms. The number of morpholine rings is 1. The average molecular weight is 394 g/mol. The number of hydrogen-bond donors (Lipinski definition) is 1. The summed E-state index contributed by atoms with van der Waals surface area (Å²) in [5, 5.41) is 3.85. The molecule has 0 saturated carbocycles. The number of ether oxygens (including phenoxy) is 1. The number of nitrogens with one attached hydrogen (secondary N) is 1. The Kier molecular flexibility index (Phi) is 7.50. The molecule has 0 aliphatic carbocycles. The topological polar surface area (TPSA) is 61.9 Å². The average Bonchev–Trinajstić information content (AvgIpc) is 2.70. The number of carbonyl (C=O) groups excluding carboxylic acids is 2. The molecule has 148 valence electrons. The van der Waals surface area contributed by atoms with Crippen molar-refractivity contribution in [1.29, 1.82) is 0 Å². The number of amides is 2. The molecule has 0 spiro atoms. The number of halogens is 1. The predicted octanol–water partition coefficient (Wildman–Crippen LogP) is 2.06. The van der Waals surface area contributed by atoms with E-state index in [-0.39, 0.29) is 30.7 Å². The van der Waals surface area contributed by atoms with Crippen LogP contribution in [0.3, 0.4) is 0 Å². The van der Waals surface area contributed by atoms with Crippen molar-refractivity contribution in [3.8, 4) is 0 Å². The summed E-state index contributed by atoms with van der Waals surface area (Å²) in [6, 6.07) is 8.16. The zero-order chi connectivity index (χ0) is 19.1. The summed E-state index contributed by atoms with van der Waals surface area (Å²) in [6.07, 6.45) is 2.43. The minimum absolute atomic E-state index is 0.0206. The van der Waals surface area contributed by atoms with Gasteiger partial charge in [0.15, 0.2) is 0 Å². The number of likely N-dealkylation sites (tertiary alicyclic amines) is 1. The number of benzene rings is 1. The monoisotopic (exact) mass is 393 g/mol. The number of carbonyl (C=O) groups is 2. The minimum atomic E-state index is -0.0206. The molecule has 2 heterocycles. The van der Waals surface area contributed by atoms with Gasteiger partial charge in [-0.1, -0.05) is 23.7 Å². The highest BCUT2D eigenvalue weighted by Crippen LogP contribution is 2.16. The second kappa shape index (κ2) is 10.1. The summed E-state index contributed by atoms with van der Waals surface area (Å²) in [5.41, 5.74) is 1.25. The summed E-state index contributed by atoms with van der Waals surface area (Å²) in [6.45, 7) is 5.27. The van der Waals surface area contributed by atoms with Crippen LogP contribution >= 0.6 is 11.6 Å². The van der Waals surface area contributed by atoms with Crippen LogP contribution in [0.25, 0.3) is 0 Å². The van der Waals surface area contributed by atoms with Gasteiger partial charge in [0.05, 0.1) is 13.2 Å². The van der Waals surface area contributed by atoms with Crippen LogP contribution in [-0.2, 0) is 20.9 Å². The maximum Gasteiger partial charge on any atom is 0.223 e. The molecule has 2 fully saturated rings. The summed E-state index contributed by atoms with van der Waals surface area (Å²) in [7, 11) is 0. The summed E-state index contributed by atoms with van der Waals surface area (Å²) < 4.78 is 5.24. The Labute approximate surface area is 165 Å². The quantitative estimate of drug-likeness (QED) is 0.803. The first-order valence-corrected chi connectivity index (χ1v) is 10.1.